The second kappa shape index (κ2) is 13.2. The summed E-state index contributed by atoms with van der Waals surface area (Å²) in [5.74, 6) is 2.21. The molecule has 0 aromatic heterocycles. The molecule has 0 atom stereocenters. The predicted octanol–water partition coefficient (Wildman–Crippen LogP) is 8.12. The van der Waals surface area contributed by atoms with E-state index in [1.807, 2.05) is 78.9 Å². The van der Waals surface area contributed by atoms with Crippen LogP contribution in [0.4, 0.5) is 8.78 Å². The van der Waals surface area contributed by atoms with Gasteiger partial charge in [0.15, 0.2) is 0 Å². The van der Waals surface area contributed by atoms with Crippen molar-refractivity contribution < 1.29 is 18.3 Å². The molecule has 0 spiro atoms. The van der Waals surface area contributed by atoms with Gasteiger partial charge >= 0.3 is 0 Å². The van der Waals surface area contributed by atoms with Crippen LogP contribution in [0, 0.1) is 11.6 Å². The molecule has 1 aliphatic rings. The Bertz CT molecular complexity index is 1290. The summed E-state index contributed by atoms with van der Waals surface area (Å²) in [6.07, 6.45) is 4.89. The SMILES string of the molecule is Fc1ccc(C(CCCN2CC=C(Oc3ccc(OCc4ccccc4)cc3)CC2)c2ccc(F)cc2)cc1. The highest BCUT2D eigenvalue weighted by Crippen LogP contribution is 2.30. The van der Waals surface area contributed by atoms with E-state index in [-0.39, 0.29) is 17.6 Å². The van der Waals surface area contributed by atoms with E-state index in [0.717, 1.165) is 72.8 Å². The van der Waals surface area contributed by atoms with Crippen LogP contribution in [0.3, 0.4) is 0 Å². The van der Waals surface area contributed by atoms with Crippen molar-refractivity contribution in [1.82, 2.24) is 4.90 Å². The van der Waals surface area contributed by atoms with E-state index in [0.29, 0.717) is 6.61 Å². The predicted molar refractivity (Wildman–Crippen MR) is 151 cm³/mol. The Morgan fingerprint density at radius 3 is 1.92 bits per heavy atom. The number of rotatable bonds is 11. The second-order valence-corrected chi connectivity index (χ2v) is 9.87. The van der Waals surface area contributed by atoms with Crippen LogP contribution in [0.25, 0.3) is 0 Å². The third-order valence-corrected chi connectivity index (χ3v) is 7.08. The Morgan fingerprint density at radius 2 is 1.33 bits per heavy atom. The lowest BCUT2D eigenvalue weighted by atomic mass is 9.87. The third-order valence-electron chi connectivity index (χ3n) is 7.08. The average molecular weight is 526 g/mol. The fourth-order valence-electron chi connectivity index (χ4n) is 4.92. The van der Waals surface area contributed by atoms with Gasteiger partial charge in [0.05, 0.1) is 0 Å². The van der Waals surface area contributed by atoms with Gasteiger partial charge in [0.2, 0.25) is 0 Å². The average Bonchev–Trinajstić information content (AvgIpc) is 2.98. The molecule has 0 unspecified atom stereocenters. The molecule has 0 N–H and O–H groups in total. The molecule has 1 aliphatic heterocycles. The molecule has 200 valence electrons. The van der Waals surface area contributed by atoms with Crippen molar-refractivity contribution in [1.29, 1.82) is 0 Å². The third kappa shape index (κ3) is 7.78. The first-order chi connectivity index (χ1) is 19.1. The van der Waals surface area contributed by atoms with Crippen LogP contribution in [-0.4, -0.2) is 24.5 Å². The molecule has 0 saturated heterocycles. The van der Waals surface area contributed by atoms with Gasteiger partial charge in [0.1, 0.15) is 35.5 Å². The lowest BCUT2D eigenvalue weighted by Gasteiger charge is -2.27. The van der Waals surface area contributed by atoms with Gasteiger partial charge in [-0.3, -0.25) is 4.90 Å². The van der Waals surface area contributed by atoms with Crippen LogP contribution < -0.4 is 9.47 Å². The summed E-state index contributed by atoms with van der Waals surface area (Å²) < 4.78 is 39.0. The summed E-state index contributed by atoms with van der Waals surface area (Å²) in [6, 6.07) is 31.2. The van der Waals surface area contributed by atoms with E-state index in [4.69, 9.17) is 9.47 Å². The maximum atomic E-state index is 13.5. The lowest BCUT2D eigenvalue weighted by molar-refractivity contribution is 0.255. The molecular formula is C34H33F2NO2. The smallest absolute Gasteiger partial charge is 0.127 e. The molecule has 0 aliphatic carbocycles. The van der Waals surface area contributed by atoms with Crippen LogP contribution in [0.15, 0.2) is 115 Å². The minimum Gasteiger partial charge on any atom is -0.489 e. The first-order valence-electron chi connectivity index (χ1n) is 13.5. The molecule has 3 nitrogen and oxygen atoms in total. The van der Waals surface area contributed by atoms with Gasteiger partial charge < -0.3 is 9.47 Å². The molecule has 0 amide bonds. The number of benzene rings is 4. The topological polar surface area (TPSA) is 21.7 Å². The highest BCUT2D eigenvalue weighted by Gasteiger charge is 2.17. The molecule has 4 aromatic rings. The normalized spacial score (nSPS) is 13.8. The molecule has 39 heavy (non-hydrogen) atoms. The van der Waals surface area contributed by atoms with E-state index in [2.05, 4.69) is 11.0 Å². The van der Waals surface area contributed by atoms with E-state index in [9.17, 15) is 8.78 Å². The first kappa shape index (κ1) is 26.6. The number of hydrogen-bond donors (Lipinski definition) is 0. The molecule has 0 saturated carbocycles. The number of halogens is 2. The van der Waals surface area contributed by atoms with Crippen molar-refractivity contribution in [3.05, 3.63) is 143 Å². The van der Waals surface area contributed by atoms with Crippen LogP contribution >= 0.6 is 0 Å². The number of hydrogen-bond acceptors (Lipinski definition) is 3. The van der Waals surface area contributed by atoms with E-state index in [1.165, 1.54) is 24.3 Å². The van der Waals surface area contributed by atoms with Crippen molar-refractivity contribution in [2.45, 2.75) is 31.8 Å². The summed E-state index contributed by atoms with van der Waals surface area (Å²) in [7, 11) is 0. The molecule has 0 radical (unpaired) electrons. The first-order valence-corrected chi connectivity index (χ1v) is 13.5. The summed E-state index contributed by atoms with van der Waals surface area (Å²) in [6.45, 7) is 3.26. The highest BCUT2D eigenvalue weighted by atomic mass is 19.1. The Hall–Kier alpha value is -3.96. The zero-order valence-corrected chi connectivity index (χ0v) is 21.9. The number of nitrogens with zero attached hydrogens (tertiary/aromatic N) is 1. The summed E-state index contributed by atoms with van der Waals surface area (Å²) in [4.78, 5) is 2.42. The summed E-state index contributed by atoms with van der Waals surface area (Å²) in [5.41, 5.74) is 3.23. The van der Waals surface area contributed by atoms with Crippen molar-refractivity contribution in [2.75, 3.05) is 19.6 Å². The number of ether oxygens (including phenoxy) is 2. The van der Waals surface area contributed by atoms with Gasteiger partial charge in [-0.25, -0.2) is 8.78 Å². The van der Waals surface area contributed by atoms with Crippen molar-refractivity contribution in [2.24, 2.45) is 0 Å². The molecule has 0 bridgehead atoms. The zero-order valence-electron chi connectivity index (χ0n) is 21.9. The van der Waals surface area contributed by atoms with Crippen LogP contribution in [0.5, 0.6) is 11.5 Å². The van der Waals surface area contributed by atoms with Gasteiger partial charge in [0, 0.05) is 25.4 Å². The van der Waals surface area contributed by atoms with Gasteiger partial charge in [-0.1, -0.05) is 54.6 Å². The molecular weight excluding hydrogens is 492 g/mol. The Balaban J connectivity index is 1.10. The van der Waals surface area contributed by atoms with Crippen LogP contribution in [-0.2, 0) is 6.61 Å². The fraction of sp³-hybridized carbons (Fsp3) is 0.235. The Kier molecular flexibility index (Phi) is 9.02. The molecule has 4 aromatic carbocycles. The second-order valence-electron chi connectivity index (χ2n) is 9.87. The van der Waals surface area contributed by atoms with E-state index < -0.39 is 0 Å². The minimum atomic E-state index is -0.248. The Morgan fingerprint density at radius 1 is 0.718 bits per heavy atom. The van der Waals surface area contributed by atoms with Crippen molar-refractivity contribution in [3.63, 3.8) is 0 Å². The molecule has 5 heteroatoms. The lowest BCUT2D eigenvalue weighted by Crippen LogP contribution is -2.30. The van der Waals surface area contributed by atoms with Gasteiger partial charge in [-0.05, 0) is 90.7 Å². The molecule has 1 heterocycles. The monoisotopic (exact) mass is 525 g/mol. The van der Waals surface area contributed by atoms with Crippen molar-refractivity contribution >= 4 is 0 Å². The zero-order chi connectivity index (χ0) is 26.9. The minimum absolute atomic E-state index is 0.102. The molecule has 5 rings (SSSR count). The van der Waals surface area contributed by atoms with E-state index >= 15 is 0 Å². The largest absolute Gasteiger partial charge is 0.489 e. The molecule has 0 fully saturated rings. The maximum Gasteiger partial charge on any atom is 0.127 e. The van der Waals surface area contributed by atoms with E-state index in [1.54, 1.807) is 0 Å². The summed E-state index contributed by atoms with van der Waals surface area (Å²) in [5, 5.41) is 0. The Labute approximate surface area is 229 Å². The van der Waals surface area contributed by atoms with Crippen LogP contribution in [0.2, 0.25) is 0 Å². The fourth-order valence-corrected chi connectivity index (χ4v) is 4.92. The van der Waals surface area contributed by atoms with Crippen molar-refractivity contribution in [3.8, 4) is 11.5 Å². The highest BCUT2D eigenvalue weighted by molar-refractivity contribution is 5.34. The quantitative estimate of drug-likeness (QED) is 0.197. The van der Waals surface area contributed by atoms with Gasteiger partial charge in [0.25, 0.3) is 0 Å². The summed E-state index contributed by atoms with van der Waals surface area (Å²) >= 11 is 0. The standard InChI is InChI=1S/C34H33F2NO2/c35-29-12-8-27(9-13-29)34(28-10-14-30(36)15-11-28)7-4-22-37-23-20-33(21-24-37)39-32-18-16-31(17-19-32)38-25-26-5-2-1-3-6-26/h1-3,5-6,8-20,34H,4,7,21-25H2. The van der Waals surface area contributed by atoms with Gasteiger partial charge in [-0.2, -0.15) is 0 Å². The maximum absolute atomic E-state index is 13.5. The van der Waals surface area contributed by atoms with Crippen LogP contribution in [0.1, 0.15) is 41.9 Å². The van der Waals surface area contributed by atoms with Gasteiger partial charge in [-0.15, -0.1) is 0 Å².